The van der Waals surface area contributed by atoms with Gasteiger partial charge >= 0.3 is 0 Å². The molecule has 0 atom stereocenters. The van der Waals surface area contributed by atoms with Crippen LogP contribution in [0.3, 0.4) is 0 Å². The van der Waals surface area contributed by atoms with Crippen LogP contribution < -0.4 is 4.90 Å². The molecule has 4 heteroatoms. The van der Waals surface area contributed by atoms with Gasteiger partial charge in [0.1, 0.15) is 13.1 Å². The quantitative estimate of drug-likeness (QED) is 0.555. The van der Waals surface area contributed by atoms with Gasteiger partial charge in [0.25, 0.3) is 0 Å². The maximum Gasteiger partial charge on any atom is 0.128 e. The third-order valence-corrected chi connectivity index (χ3v) is 2.43. The fraction of sp³-hybridized carbons (Fsp3) is 0.455. The Hall–Kier alpha value is -0.297. The Morgan fingerprint density at radius 2 is 1.93 bits per heavy atom. The Balaban J connectivity index is 0.000000980. The Bertz CT molecular complexity index is 270. The molecule has 2 heterocycles. The van der Waals surface area contributed by atoms with Crippen LogP contribution in [0.4, 0.5) is 5.82 Å². The van der Waals surface area contributed by atoms with Crippen molar-refractivity contribution in [1.82, 2.24) is 4.98 Å². The molecule has 0 unspecified atom stereocenters. The molecule has 0 amide bonds. The molecule has 0 N–H and O–H groups in total. The van der Waals surface area contributed by atoms with Gasteiger partial charge in [-0.15, -0.1) is 0 Å². The SMILES string of the molecule is Cc1ccc(N2CC[B]CC2)nc1.[CH3-].[W]. The minimum absolute atomic E-state index is 0. The van der Waals surface area contributed by atoms with Crippen molar-refractivity contribution in [1.29, 1.82) is 0 Å². The number of hydrogen-bond donors (Lipinski definition) is 0. The van der Waals surface area contributed by atoms with Gasteiger partial charge < -0.3 is 12.3 Å². The first-order valence-electron chi connectivity index (χ1n) is 4.85. The monoisotopic (exact) mass is 372 g/mol. The number of hydrogen-bond acceptors (Lipinski definition) is 2. The van der Waals surface area contributed by atoms with Gasteiger partial charge in [0, 0.05) is 40.4 Å². The molecule has 0 bridgehead atoms. The zero-order chi connectivity index (χ0) is 9.10. The third kappa shape index (κ3) is 3.98. The topological polar surface area (TPSA) is 16.1 Å². The van der Waals surface area contributed by atoms with Gasteiger partial charge in [-0.3, -0.25) is 0 Å². The van der Waals surface area contributed by atoms with E-state index in [9.17, 15) is 0 Å². The fourth-order valence-corrected chi connectivity index (χ4v) is 1.63. The van der Waals surface area contributed by atoms with E-state index < -0.39 is 0 Å². The third-order valence-electron chi connectivity index (χ3n) is 2.43. The molecule has 0 aliphatic carbocycles. The summed E-state index contributed by atoms with van der Waals surface area (Å²) in [4.78, 5) is 6.76. The zero-order valence-corrected chi connectivity index (χ0v) is 12.4. The van der Waals surface area contributed by atoms with Gasteiger partial charge in [0.05, 0.1) is 0 Å². The summed E-state index contributed by atoms with van der Waals surface area (Å²) in [5.41, 5.74) is 1.23. The molecule has 1 aliphatic rings. The maximum absolute atomic E-state index is 4.41. The van der Waals surface area contributed by atoms with Crippen LogP contribution in [0.25, 0.3) is 0 Å². The maximum atomic E-state index is 4.41. The summed E-state index contributed by atoms with van der Waals surface area (Å²) < 4.78 is 0. The number of aryl methyl sites for hydroxylation is 1. The molecule has 0 spiro atoms. The summed E-state index contributed by atoms with van der Waals surface area (Å²) in [6.45, 7) is 4.31. The van der Waals surface area contributed by atoms with Crippen molar-refractivity contribution in [3.05, 3.63) is 31.3 Å². The van der Waals surface area contributed by atoms with Crippen molar-refractivity contribution in [3.63, 3.8) is 0 Å². The number of aromatic nitrogens is 1. The fourth-order valence-electron chi connectivity index (χ4n) is 1.63. The molecule has 1 aliphatic heterocycles. The predicted octanol–water partition coefficient (Wildman–Crippen LogP) is 2.20. The van der Waals surface area contributed by atoms with E-state index in [0.717, 1.165) is 18.9 Å². The molecule has 0 saturated carbocycles. The van der Waals surface area contributed by atoms with Crippen molar-refractivity contribution < 1.29 is 21.1 Å². The zero-order valence-electron chi connectivity index (χ0n) is 9.44. The Morgan fingerprint density at radius 1 is 1.27 bits per heavy atom. The van der Waals surface area contributed by atoms with Crippen LogP contribution in [0.5, 0.6) is 0 Å². The van der Waals surface area contributed by atoms with E-state index in [4.69, 9.17) is 0 Å². The van der Waals surface area contributed by atoms with Gasteiger partial charge in [-0.25, -0.2) is 4.98 Å². The van der Waals surface area contributed by atoms with Crippen LogP contribution in [0.15, 0.2) is 18.3 Å². The molecule has 15 heavy (non-hydrogen) atoms. The van der Waals surface area contributed by atoms with E-state index >= 15 is 0 Å². The Kier molecular flexibility index (Phi) is 6.92. The standard InChI is InChI=1S/C10H14BN2.CH3.W/c1-9-2-3-10(12-8-9)13-6-4-11-5-7-13;;/h2-3,8H,4-7H2,1H3;1H3;/q;-1;. The largest absolute Gasteiger partial charge is 0.358 e. The second-order valence-corrected chi connectivity index (χ2v) is 3.55. The van der Waals surface area contributed by atoms with Gasteiger partial charge in [-0.2, -0.15) is 0 Å². The molecule has 81 valence electrons. The summed E-state index contributed by atoms with van der Waals surface area (Å²) in [5.74, 6) is 1.12. The molecular weight excluding hydrogens is 355 g/mol. The number of anilines is 1. The Labute approximate surface area is 108 Å². The van der Waals surface area contributed by atoms with E-state index in [1.54, 1.807) is 0 Å². The molecular formula is C11H17BN2W-. The summed E-state index contributed by atoms with van der Waals surface area (Å²) in [5, 5.41) is 0. The van der Waals surface area contributed by atoms with Crippen LogP contribution in [0, 0.1) is 14.4 Å². The second-order valence-electron chi connectivity index (χ2n) is 3.55. The van der Waals surface area contributed by atoms with Crippen LogP contribution in [-0.2, 0) is 21.1 Å². The van der Waals surface area contributed by atoms with E-state index in [2.05, 4.69) is 36.2 Å². The van der Waals surface area contributed by atoms with Crippen molar-refractivity contribution >= 4 is 13.1 Å². The smallest absolute Gasteiger partial charge is 0.128 e. The minimum atomic E-state index is 0. The van der Waals surface area contributed by atoms with E-state index in [1.807, 2.05) is 6.20 Å². The van der Waals surface area contributed by atoms with Crippen LogP contribution >= 0.6 is 0 Å². The first-order valence-corrected chi connectivity index (χ1v) is 4.85. The number of nitrogens with zero attached hydrogens (tertiary/aromatic N) is 2. The van der Waals surface area contributed by atoms with Gasteiger partial charge in [0.15, 0.2) is 0 Å². The van der Waals surface area contributed by atoms with Crippen molar-refractivity contribution in [2.75, 3.05) is 18.0 Å². The van der Waals surface area contributed by atoms with Crippen molar-refractivity contribution in [3.8, 4) is 0 Å². The van der Waals surface area contributed by atoms with E-state index in [-0.39, 0.29) is 28.5 Å². The molecule has 2 nitrogen and oxygen atoms in total. The number of rotatable bonds is 1. The van der Waals surface area contributed by atoms with Gasteiger partial charge in [-0.05, 0) is 18.6 Å². The van der Waals surface area contributed by atoms with E-state index in [0.29, 0.717) is 0 Å². The molecule has 1 aromatic heterocycles. The van der Waals surface area contributed by atoms with E-state index in [1.165, 1.54) is 18.2 Å². The molecule has 1 aromatic rings. The Morgan fingerprint density at radius 3 is 2.47 bits per heavy atom. The van der Waals surface area contributed by atoms with Crippen LogP contribution in [0.1, 0.15) is 5.56 Å². The summed E-state index contributed by atoms with van der Waals surface area (Å²) in [7, 11) is 2.35. The molecule has 1 fully saturated rings. The van der Waals surface area contributed by atoms with Gasteiger partial charge in [-0.1, -0.05) is 18.7 Å². The van der Waals surface area contributed by atoms with Crippen LogP contribution in [-0.4, -0.2) is 25.4 Å². The predicted molar refractivity (Wildman–Crippen MR) is 63.0 cm³/mol. The molecule has 1 saturated heterocycles. The van der Waals surface area contributed by atoms with Crippen LogP contribution in [0.2, 0.25) is 12.6 Å². The normalized spacial score (nSPS) is 14.6. The number of pyridine rings is 1. The summed E-state index contributed by atoms with van der Waals surface area (Å²) >= 11 is 0. The summed E-state index contributed by atoms with van der Waals surface area (Å²) in [6.07, 6.45) is 4.32. The average molecular weight is 372 g/mol. The van der Waals surface area contributed by atoms with Crippen molar-refractivity contribution in [2.24, 2.45) is 0 Å². The molecule has 0 aromatic carbocycles. The van der Waals surface area contributed by atoms with Gasteiger partial charge in [0.2, 0.25) is 0 Å². The van der Waals surface area contributed by atoms with Crippen molar-refractivity contribution in [2.45, 2.75) is 19.6 Å². The molecule has 2 rings (SSSR count). The first kappa shape index (κ1) is 14.7. The minimum Gasteiger partial charge on any atom is -0.358 e. The average Bonchev–Trinajstić information content (AvgIpc) is 2.20. The first-order chi connectivity index (χ1) is 6.36. The molecule has 1 radical (unpaired) electrons. The second kappa shape index (κ2) is 7.06. The summed E-state index contributed by atoms with van der Waals surface area (Å²) in [6, 6.07) is 4.24.